The summed E-state index contributed by atoms with van der Waals surface area (Å²) < 4.78 is 0. The van der Waals surface area contributed by atoms with Gasteiger partial charge >= 0.3 is 0 Å². The van der Waals surface area contributed by atoms with E-state index >= 15 is 0 Å². The highest BCUT2D eigenvalue weighted by Crippen LogP contribution is 2.37. The van der Waals surface area contributed by atoms with E-state index < -0.39 is 0 Å². The molecular weight excluding hydrogens is 294 g/mol. The average Bonchev–Trinajstić information content (AvgIpc) is 2.57. The van der Waals surface area contributed by atoms with Crippen LogP contribution in [0.4, 0.5) is 0 Å². The molecule has 0 spiro atoms. The van der Waals surface area contributed by atoms with E-state index in [1.807, 2.05) is 0 Å². The smallest absolute Gasteiger partial charge is 0.223 e. The normalized spacial score (nSPS) is 11.8. The van der Waals surface area contributed by atoms with Gasteiger partial charge in [-0.25, -0.2) is 0 Å². The number of primary amides is 1. The minimum atomic E-state index is -0.217. The quantitative estimate of drug-likeness (QED) is 0.265. The van der Waals surface area contributed by atoms with Crippen LogP contribution in [-0.2, 0) is 4.79 Å². The SMILES string of the molecule is CCCCCCCCC(CCCC)(CCCCCCCC)C(N)=O. The molecule has 0 aliphatic rings. The summed E-state index contributed by atoms with van der Waals surface area (Å²) in [5.74, 6) is -0.0296. The Morgan fingerprint density at radius 2 is 0.917 bits per heavy atom. The van der Waals surface area contributed by atoms with Crippen LogP contribution in [0.5, 0.6) is 0 Å². The molecule has 0 saturated heterocycles. The maximum Gasteiger partial charge on any atom is 0.223 e. The van der Waals surface area contributed by atoms with Crippen LogP contribution in [0.3, 0.4) is 0 Å². The molecule has 0 aliphatic heterocycles. The fraction of sp³-hybridized carbons (Fsp3) is 0.955. The van der Waals surface area contributed by atoms with Crippen molar-refractivity contribution in [3.63, 3.8) is 0 Å². The van der Waals surface area contributed by atoms with E-state index in [9.17, 15) is 4.79 Å². The number of carbonyl (C=O) groups is 1. The average molecular weight is 340 g/mol. The van der Waals surface area contributed by atoms with Gasteiger partial charge in [0, 0.05) is 5.41 Å². The summed E-state index contributed by atoms with van der Waals surface area (Å²) in [4.78, 5) is 12.3. The fourth-order valence-corrected chi connectivity index (χ4v) is 3.75. The van der Waals surface area contributed by atoms with Gasteiger partial charge in [-0.15, -0.1) is 0 Å². The summed E-state index contributed by atoms with van der Waals surface area (Å²) in [6.07, 6.45) is 20.8. The van der Waals surface area contributed by atoms with Gasteiger partial charge < -0.3 is 5.73 Å². The van der Waals surface area contributed by atoms with Gasteiger partial charge in [-0.1, -0.05) is 111 Å². The highest BCUT2D eigenvalue weighted by atomic mass is 16.1. The van der Waals surface area contributed by atoms with Crippen molar-refractivity contribution in [1.82, 2.24) is 0 Å². The van der Waals surface area contributed by atoms with Gasteiger partial charge in [0.1, 0.15) is 0 Å². The third kappa shape index (κ3) is 11.1. The van der Waals surface area contributed by atoms with Crippen LogP contribution < -0.4 is 5.73 Å². The molecule has 0 aromatic rings. The highest BCUT2D eigenvalue weighted by molar-refractivity contribution is 5.80. The molecule has 2 heteroatoms. The minimum Gasteiger partial charge on any atom is -0.369 e. The van der Waals surface area contributed by atoms with Gasteiger partial charge in [0.2, 0.25) is 5.91 Å². The number of unbranched alkanes of at least 4 members (excludes halogenated alkanes) is 11. The molecule has 0 aliphatic carbocycles. The Morgan fingerprint density at radius 1 is 0.583 bits per heavy atom. The standard InChI is InChI=1S/C22H45NO/c1-4-7-10-12-14-16-19-22(21(23)24,18-9-6-3)20-17-15-13-11-8-5-2/h4-20H2,1-3H3,(H2,23,24). The zero-order chi connectivity index (χ0) is 18.1. The predicted octanol–water partition coefficient (Wildman–Crippen LogP) is 7.15. The van der Waals surface area contributed by atoms with Gasteiger partial charge in [-0.2, -0.15) is 0 Å². The molecule has 2 N–H and O–H groups in total. The van der Waals surface area contributed by atoms with Crippen LogP contribution in [0.1, 0.15) is 130 Å². The number of amides is 1. The van der Waals surface area contributed by atoms with E-state index in [1.165, 1.54) is 77.0 Å². The highest BCUT2D eigenvalue weighted by Gasteiger charge is 2.34. The first kappa shape index (κ1) is 23.5. The van der Waals surface area contributed by atoms with Gasteiger partial charge in [-0.05, 0) is 19.3 Å². The third-order valence-corrected chi connectivity index (χ3v) is 5.55. The molecule has 144 valence electrons. The van der Waals surface area contributed by atoms with Gasteiger partial charge in [0.05, 0.1) is 0 Å². The molecule has 0 fully saturated rings. The van der Waals surface area contributed by atoms with Crippen molar-refractivity contribution in [2.45, 2.75) is 130 Å². The van der Waals surface area contributed by atoms with E-state index in [1.54, 1.807) is 0 Å². The van der Waals surface area contributed by atoms with Crippen molar-refractivity contribution >= 4 is 5.91 Å². The molecule has 0 aromatic carbocycles. The molecule has 0 bridgehead atoms. The van der Waals surface area contributed by atoms with Crippen LogP contribution in [-0.4, -0.2) is 5.91 Å². The van der Waals surface area contributed by atoms with Crippen molar-refractivity contribution in [3.8, 4) is 0 Å². The number of rotatable bonds is 18. The summed E-state index contributed by atoms with van der Waals surface area (Å²) in [6, 6.07) is 0. The number of hydrogen-bond acceptors (Lipinski definition) is 1. The minimum absolute atomic E-state index is 0.0296. The van der Waals surface area contributed by atoms with Gasteiger partial charge in [-0.3, -0.25) is 4.79 Å². The second kappa shape index (κ2) is 16.0. The van der Waals surface area contributed by atoms with Crippen LogP contribution >= 0.6 is 0 Å². The lowest BCUT2D eigenvalue weighted by Crippen LogP contribution is -2.37. The lowest BCUT2D eigenvalue weighted by Gasteiger charge is -2.31. The number of nitrogens with two attached hydrogens (primary N) is 1. The third-order valence-electron chi connectivity index (χ3n) is 5.55. The molecule has 0 aromatic heterocycles. The summed E-state index contributed by atoms with van der Waals surface area (Å²) in [5, 5.41) is 0. The van der Waals surface area contributed by atoms with E-state index in [2.05, 4.69) is 20.8 Å². The molecular formula is C22H45NO. The Hall–Kier alpha value is -0.530. The monoisotopic (exact) mass is 339 g/mol. The Kier molecular flexibility index (Phi) is 15.6. The van der Waals surface area contributed by atoms with E-state index in [-0.39, 0.29) is 11.3 Å². The maximum absolute atomic E-state index is 12.3. The zero-order valence-corrected chi connectivity index (χ0v) is 17.0. The topological polar surface area (TPSA) is 43.1 Å². The van der Waals surface area contributed by atoms with Gasteiger partial charge in [0.15, 0.2) is 0 Å². The second-order valence-electron chi connectivity index (χ2n) is 7.78. The summed E-state index contributed by atoms with van der Waals surface area (Å²) in [5.41, 5.74) is 5.68. The molecule has 0 saturated carbocycles. The van der Waals surface area contributed by atoms with Crippen LogP contribution in [0.2, 0.25) is 0 Å². The Bertz CT molecular complexity index is 272. The van der Waals surface area contributed by atoms with Crippen molar-refractivity contribution < 1.29 is 4.79 Å². The first-order valence-corrected chi connectivity index (χ1v) is 10.9. The zero-order valence-electron chi connectivity index (χ0n) is 17.0. The molecule has 0 unspecified atom stereocenters. The number of hydrogen-bond donors (Lipinski definition) is 1. The van der Waals surface area contributed by atoms with Crippen molar-refractivity contribution in [3.05, 3.63) is 0 Å². The second-order valence-corrected chi connectivity index (χ2v) is 7.78. The van der Waals surface area contributed by atoms with E-state index in [0.29, 0.717) is 0 Å². The van der Waals surface area contributed by atoms with Crippen molar-refractivity contribution in [2.24, 2.45) is 11.1 Å². The summed E-state index contributed by atoms with van der Waals surface area (Å²) in [7, 11) is 0. The molecule has 2 nitrogen and oxygen atoms in total. The first-order chi connectivity index (χ1) is 11.6. The molecule has 0 heterocycles. The van der Waals surface area contributed by atoms with Crippen molar-refractivity contribution in [2.75, 3.05) is 0 Å². The molecule has 0 atom stereocenters. The van der Waals surface area contributed by atoms with E-state index in [0.717, 1.165) is 32.1 Å². The summed E-state index contributed by atoms with van der Waals surface area (Å²) >= 11 is 0. The first-order valence-electron chi connectivity index (χ1n) is 10.9. The Labute approximate surface area is 152 Å². The molecule has 24 heavy (non-hydrogen) atoms. The largest absolute Gasteiger partial charge is 0.369 e. The Morgan fingerprint density at radius 3 is 1.29 bits per heavy atom. The fourth-order valence-electron chi connectivity index (χ4n) is 3.75. The van der Waals surface area contributed by atoms with Crippen LogP contribution in [0, 0.1) is 5.41 Å². The molecule has 0 radical (unpaired) electrons. The summed E-state index contributed by atoms with van der Waals surface area (Å²) in [6.45, 7) is 6.72. The van der Waals surface area contributed by atoms with Crippen LogP contribution in [0.15, 0.2) is 0 Å². The van der Waals surface area contributed by atoms with Gasteiger partial charge in [0.25, 0.3) is 0 Å². The van der Waals surface area contributed by atoms with E-state index in [4.69, 9.17) is 5.73 Å². The molecule has 1 amide bonds. The lowest BCUT2D eigenvalue weighted by molar-refractivity contribution is -0.129. The Balaban J connectivity index is 4.32. The molecule has 0 rings (SSSR count). The van der Waals surface area contributed by atoms with Crippen LogP contribution in [0.25, 0.3) is 0 Å². The maximum atomic E-state index is 12.3. The predicted molar refractivity (Wildman–Crippen MR) is 107 cm³/mol. The number of carbonyl (C=O) groups excluding carboxylic acids is 1. The lowest BCUT2D eigenvalue weighted by atomic mass is 9.73. The van der Waals surface area contributed by atoms with Crippen molar-refractivity contribution in [1.29, 1.82) is 0 Å².